The van der Waals surface area contributed by atoms with Crippen molar-refractivity contribution in [3.63, 3.8) is 0 Å². The molecule has 3 aromatic rings. The molecule has 4 rings (SSSR count). The van der Waals surface area contributed by atoms with E-state index in [-0.39, 0.29) is 28.6 Å². The maximum absolute atomic E-state index is 13.4. The fourth-order valence-electron chi connectivity index (χ4n) is 4.95. The van der Waals surface area contributed by atoms with Gasteiger partial charge in [-0.1, -0.05) is 57.9 Å². The van der Waals surface area contributed by atoms with Gasteiger partial charge in [0.2, 0.25) is 0 Å². The fraction of sp³-hybridized carbons (Fsp3) is 0.538. The summed E-state index contributed by atoms with van der Waals surface area (Å²) in [7, 11) is 0. The van der Waals surface area contributed by atoms with Crippen molar-refractivity contribution in [3.8, 4) is 0 Å². The van der Waals surface area contributed by atoms with Gasteiger partial charge in [0.1, 0.15) is 16.8 Å². The van der Waals surface area contributed by atoms with Crippen LogP contribution < -0.4 is 16.4 Å². The highest BCUT2D eigenvalue weighted by atomic mass is 16.1. The predicted octanol–water partition coefficient (Wildman–Crippen LogP) is 4.64. The van der Waals surface area contributed by atoms with E-state index >= 15 is 0 Å². The van der Waals surface area contributed by atoms with Gasteiger partial charge in [-0.15, -0.1) is 0 Å². The van der Waals surface area contributed by atoms with Gasteiger partial charge >= 0.3 is 0 Å². The highest BCUT2D eigenvalue weighted by Crippen LogP contribution is 2.30. The molecular formula is C26H35N5O2. The summed E-state index contributed by atoms with van der Waals surface area (Å²) in [6.07, 6.45) is 12.6. The van der Waals surface area contributed by atoms with E-state index in [1.54, 1.807) is 12.3 Å². The van der Waals surface area contributed by atoms with Gasteiger partial charge < -0.3 is 9.88 Å². The number of hydrogen-bond donors (Lipinski definition) is 2. The van der Waals surface area contributed by atoms with Gasteiger partial charge in [-0.2, -0.15) is 0 Å². The van der Waals surface area contributed by atoms with E-state index in [2.05, 4.69) is 12.2 Å². The van der Waals surface area contributed by atoms with E-state index in [1.807, 2.05) is 23.6 Å². The molecule has 1 aliphatic rings. The summed E-state index contributed by atoms with van der Waals surface area (Å²) in [4.78, 5) is 31.3. The molecule has 0 spiro atoms. The molecule has 1 saturated carbocycles. The molecule has 0 aliphatic heterocycles. The molecule has 176 valence electrons. The number of nitrogens with zero attached hydrogens (tertiary/aromatic N) is 3. The van der Waals surface area contributed by atoms with Crippen LogP contribution in [0.4, 0.5) is 0 Å². The maximum Gasteiger partial charge on any atom is 0.267 e. The number of carbonyl (C=O) groups excluding carboxylic acids is 1. The molecule has 0 aromatic carbocycles. The predicted molar refractivity (Wildman–Crippen MR) is 131 cm³/mol. The standard InChI is InChI=1S/C26H35N5O2/c1-3-4-5-6-7-10-15-28-25(32)20-17-21-24(31(22(20)27)19-13-8-9-14-19)29-23-18(2)12-11-16-30(23)26(21)33/h11-12,16-17,19,27H,3-10,13-15H2,1-2H3,(H,28,32). The number of fused-ring (bicyclic) bond motifs is 2. The number of amides is 1. The molecule has 0 saturated heterocycles. The normalized spacial score (nSPS) is 14.4. The average molecular weight is 450 g/mol. The Bertz CT molecular complexity index is 1270. The third-order valence-electron chi connectivity index (χ3n) is 6.83. The number of pyridine rings is 2. The summed E-state index contributed by atoms with van der Waals surface area (Å²) in [5, 5.41) is 12.3. The second-order valence-corrected chi connectivity index (χ2v) is 9.28. The van der Waals surface area contributed by atoms with Crippen LogP contribution in [-0.4, -0.2) is 26.4 Å². The van der Waals surface area contributed by atoms with Crippen molar-refractivity contribution < 1.29 is 4.79 Å². The minimum atomic E-state index is -0.282. The van der Waals surface area contributed by atoms with Crippen LogP contribution in [0.5, 0.6) is 0 Å². The number of hydrogen-bond acceptors (Lipinski definition) is 4. The number of aryl methyl sites for hydroxylation is 1. The van der Waals surface area contributed by atoms with Gasteiger partial charge in [-0.05, 0) is 43.9 Å². The molecular weight excluding hydrogens is 414 g/mol. The Balaban J connectivity index is 1.72. The quantitative estimate of drug-likeness (QED) is 0.368. The summed E-state index contributed by atoms with van der Waals surface area (Å²) in [6.45, 7) is 4.71. The zero-order valence-electron chi connectivity index (χ0n) is 19.8. The third kappa shape index (κ3) is 4.72. The molecule has 7 heteroatoms. The molecule has 1 fully saturated rings. The van der Waals surface area contributed by atoms with Crippen LogP contribution in [0.2, 0.25) is 0 Å². The molecule has 1 aliphatic carbocycles. The monoisotopic (exact) mass is 449 g/mol. The second kappa shape index (κ2) is 10.3. The van der Waals surface area contributed by atoms with Crippen LogP contribution in [0, 0.1) is 12.3 Å². The van der Waals surface area contributed by atoms with Gasteiger partial charge in [-0.25, -0.2) is 4.98 Å². The van der Waals surface area contributed by atoms with E-state index in [9.17, 15) is 9.59 Å². The second-order valence-electron chi connectivity index (χ2n) is 9.28. The van der Waals surface area contributed by atoms with E-state index in [0.717, 1.165) is 44.1 Å². The lowest BCUT2D eigenvalue weighted by Gasteiger charge is -2.20. The van der Waals surface area contributed by atoms with Gasteiger partial charge in [0.05, 0.1) is 10.9 Å². The maximum atomic E-state index is 13.4. The third-order valence-corrected chi connectivity index (χ3v) is 6.83. The van der Waals surface area contributed by atoms with Crippen LogP contribution in [0.15, 0.2) is 29.2 Å². The lowest BCUT2D eigenvalue weighted by atomic mass is 10.1. The zero-order valence-corrected chi connectivity index (χ0v) is 19.8. The average Bonchev–Trinajstić information content (AvgIpc) is 3.33. The van der Waals surface area contributed by atoms with Gasteiger partial charge in [0.25, 0.3) is 11.5 Å². The van der Waals surface area contributed by atoms with Crippen molar-refractivity contribution in [2.75, 3.05) is 6.54 Å². The summed E-state index contributed by atoms with van der Waals surface area (Å²) < 4.78 is 3.38. The Labute approximate surface area is 194 Å². The molecule has 33 heavy (non-hydrogen) atoms. The SMILES string of the molecule is CCCCCCCCNC(=O)c1cc2c(=O)n3cccc(C)c3nc2n(C2CCCC2)c1=N. The Kier molecular flexibility index (Phi) is 7.26. The van der Waals surface area contributed by atoms with Crippen molar-refractivity contribution in [1.29, 1.82) is 5.41 Å². The van der Waals surface area contributed by atoms with Gasteiger partial charge in [0.15, 0.2) is 0 Å². The van der Waals surface area contributed by atoms with Crippen molar-refractivity contribution in [2.45, 2.75) is 84.1 Å². The number of carbonyl (C=O) groups is 1. The first-order valence-corrected chi connectivity index (χ1v) is 12.4. The molecule has 0 bridgehead atoms. The van der Waals surface area contributed by atoms with Crippen LogP contribution in [0.3, 0.4) is 0 Å². The van der Waals surface area contributed by atoms with Crippen molar-refractivity contribution in [2.24, 2.45) is 0 Å². The van der Waals surface area contributed by atoms with Gasteiger partial charge in [-0.3, -0.25) is 19.4 Å². The van der Waals surface area contributed by atoms with Gasteiger partial charge in [0, 0.05) is 18.8 Å². The molecule has 3 aromatic heterocycles. The Morgan fingerprint density at radius 1 is 1.15 bits per heavy atom. The van der Waals surface area contributed by atoms with E-state index < -0.39 is 0 Å². The highest BCUT2D eigenvalue weighted by Gasteiger charge is 2.24. The molecule has 1 amide bonds. The van der Waals surface area contributed by atoms with Crippen molar-refractivity contribution >= 4 is 22.6 Å². The number of aromatic nitrogens is 3. The molecule has 2 N–H and O–H groups in total. The van der Waals surface area contributed by atoms with E-state index in [1.165, 1.54) is 30.1 Å². The first kappa shape index (κ1) is 23.2. The summed E-state index contributed by atoms with van der Waals surface area (Å²) in [5.74, 6) is -0.282. The number of rotatable bonds is 9. The lowest BCUT2D eigenvalue weighted by molar-refractivity contribution is 0.0950. The summed E-state index contributed by atoms with van der Waals surface area (Å²) in [6, 6.07) is 5.42. The number of unbranched alkanes of at least 4 members (excludes halogenated alkanes) is 5. The van der Waals surface area contributed by atoms with Crippen molar-refractivity contribution in [1.82, 2.24) is 19.3 Å². The van der Waals surface area contributed by atoms with Crippen LogP contribution >= 0.6 is 0 Å². The Hall–Kier alpha value is -2.96. The molecule has 0 atom stereocenters. The zero-order chi connectivity index (χ0) is 23.4. The first-order valence-electron chi connectivity index (χ1n) is 12.4. The molecule has 0 radical (unpaired) electrons. The molecule has 0 unspecified atom stereocenters. The summed E-state index contributed by atoms with van der Waals surface area (Å²) >= 11 is 0. The van der Waals surface area contributed by atoms with Crippen LogP contribution in [0.1, 0.15) is 93.1 Å². The highest BCUT2D eigenvalue weighted by molar-refractivity contribution is 5.96. The van der Waals surface area contributed by atoms with Crippen LogP contribution in [0.25, 0.3) is 16.7 Å². The first-order chi connectivity index (χ1) is 16.0. The molecule has 3 heterocycles. The fourth-order valence-corrected chi connectivity index (χ4v) is 4.95. The van der Waals surface area contributed by atoms with Crippen LogP contribution in [-0.2, 0) is 0 Å². The smallest absolute Gasteiger partial charge is 0.267 e. The number of nitrogens with one attached hydrogen (secondary N) is 2. The summed E-state index contributed by atoms with van der Waals surface area (Å²) in [5.41, 5.74) is 2.23. The van der Waals surface area contributed by atoms with Crippen molar-refractivity contribution in [3.05, 3.63) is 51.4 Å². The Morgan fingerprint density at radius 2 is 1.88 bits per heavy atom. The minimum absolute atomic E-state index is 0.0877. The topological polar surface area (TPSA) is 92.2 Å². The Morgan fingerprint density at radius 3 is 2.64 bits per heavy atom. The minimum Gasteiger partial charge on any atom is -0.352 e. The lowest BCUT2D eigenvalue weighted by Crippen LogP contribution is -2.36. The van der Waals surface area contributed by atoms with E-state index in [0.29, 0.717) is 23.2 Å². The van der Waals surface area contributed by atoms with E-state index in [4.69, 9.17) is 10.4 Å². The molecule has 7 nitrogen and oxygen atoms in total. The largest absolute Gasteiger partial charge is 0.352 e.